The smallest absolute Gasteiger partial charge is 0.317 e. The number of aliphatic hydroxyl groups is 1. The van der Waals surface area contributed by atoms with Crippen molar-refractivity contribution in [1.29, 1.82) is 0 Å². The molecular weight excluding hydrogens is 336 g/mol. The van der Waals surface area contributed by atoms with Crippen LogP contribution in [0.25, 0.3) is 0 Å². The summed E-state index contributed by atoms with van der Waals surface area (Å²) in [5, 5.41) is 11.0. The van der Waals surface area contributed by atoms with Crippen molar-refractivity contribution < 1.29 is 28.6 Å². The summed E-state index contributed by atoms with van der Waals surface area (Å²) in [7, 11) is 0. The summed E-state index contributed by atoms with van der Waals surface area (Å²) in [5.41, 5.74) is -2.70. The zero-order chi connectivity index (χ0) is 18.5. The van der Waals surface area contributed by atoms with Crippen LogP contribution < -0.4 is 0 Å². The predicted molar refractivity (Wildman–Crippen MR) is 88.6 cm³/mol. The predicted octanol–water partition coefficient (Wildman–Crippen LogP) is 2.76. The van der Waals surface area contributed by atoms with E-state index >= 15 is 0 Å². The molecule has 1 aromatic heterocycles. The van der Waals surface area contributed by atoms with Crippen LogP contribution in [0.2, 0.25) is 0 Å². The van der Waals surface area contributed by atoms with Gasteiger partial charge in [0.1, 0.15) is 17.1 Å². The second kappa shape index (κ2) is 4.53. The van der Waals surface area contributed by atoms with Gasteiger partial charge in [-0.05, 0) is 38.2 Å². The minimum Gasteiger partial charge on any atom is -0.472 e. The van der Waals surface area contributed by atoms with E-state index in [2.05, 4.69) is 0 Å². The lowest BCUT2D eigenvalue weighted by molar-refractivity contribution is -0.226. The molecule has 2 aliphatic carbocycles. The van der Waals surface area contributed by atoms with Crippen LogP contribution >= 0.6 is 0 Å². The van der Waals surface area contributed by atoms with E-state index in [0.29, 0.717) is 25.7 Å². The Morgan fingerprint density at radius 2 is 1.96 bits per heavy atom. The topological polar surface area (TPSA) is 86.0 Å². The first kappa shape index (κ1) is 16.4. The van der Waals surface area contributed by atoms with Crippen molar-refractivity contribution in [2.24, 2.45) is 22.2 Å². The van der Waals surface area contributed by atoms with Gasteiger partial charge >= 0.3 is 11.9 Å². The van der Waals surface area contributed by atoms with Crippen molar-refractivity contribution in [1.82, 2.24) is 0 Å². The maximum Gasteiger partial charge on any atom is 0.317 e. The molecule has 7 unspecified atom stereocenters. The van der Waals surface area contributed by atoms with Crippen molar-refractivity contribution >= 4 is 11.9 Å². The number of rotatable bonds is 1. The fraction of sp³-hybridized carbons (Fsp3) is 0.700. The second-order valence-corrected chi connectivity index (χ2v) is 9.03. The largest absolute Gasteiger partial charge is 0.472 e. The zero-order valence-electron chi connectivity index (χ0n) is 15.3. The summed E-state index contributed by atoms with van der Waals surface area (Å²) in [4.78, 5) is 26.2. The first-order chi connectivity index (χ1) is 12.2. The van der Waals surface area contributed by atoms with Crippen molar-refractivity contribution in [2.75, 3.05) is 0 Å². The highest BCUT2D eigenvalue weighted by atomic mass is 16.6. The molecule has 1 N–H and O–H groups in total. The highest BCUT2D eigenvalue weighted by molar-refractivity contribution is 5.89. The number of ether oxygens (including phenoxy) is 2. The molecule has 6 nitrogen and oxygen atoms in total. The summed E-state index contributed by atoms with van der Waals surface area (Å²) >= 11 is 0. The number of hydrogen-bond acceptors (Lipinski definition) is 6. The maximum absolute atomic E-state index is 13.3. The Labute approximate surface area is 151 Å². The minimum absolute atomic E-state index is 0.150. The van der Waals surface area contributed by atoms with Gasteiger partial charge in [0, 0.05) is 12.0 Å². The van der Waals surface area contributed by atoms with Crippen molar-refractivity contribution in [2.45, 2.75) is 64.3 Å². The molecule has 2 saturated heterocycles. The molecule has 6 heteroatoms. The van der Waals surface area contributed by atoms with Gasteiger partial charge in [0.05, 0.1) is 29.5 Å². The summed E-state index contributed by atoms with van der Waals surface area (Å²) in [6, 6.07) is 1.80. The summed E-state index contributed by atoms with van der Waals surface area (Å²) in [5.74, 6) is -0.755. The summed E-state index contributed by atoms with van der Waals surface area (Å²) in [6.45, 7) is 5.78. The number of cyclic esters (lactones) is 1. The Morgan fingerprint density at radius 1 is 1.19 bits per heavy atom. The number of aliphatic hydroxyl groups excluding tert-OH is 1. The molecule has 3 heterocycles. The number of hydrogen-bond donors (Lipinski definition) is 1. The van der Waals surface area contributed by atoms with Gasteiger partial charge in [-0.15, -0.1) is 0 Å². The Kier molecular flexibility index (Phi) is 2.85. The van der Waals surface area contributed by atoms with Crippen molar-refractivity contribution in [3.63, 3.8) is 0 Å². The van der Waals surface area contributed by atoms with Gasteiger partial charge in [0.25, 0.3) is 0 Å². The van der Waals surface area contributed by atoms with Crippen LogP contribution in [0.3, 0.4) is 0 Å². The fourth-order valence-corrected chi connectivity index (χ4v) is 6.75. The van der Waals surface area contributed by atoms with Gasteiger partial charge in [-0.2, -0.15) is 0 Å². The third kappa shape index (κ3) is 1.37. The van der Waals surface area contributed by atoms with Crippen molar-refractivity contribution in [3.05, 3.63) is 24.2 Å². The van der Waals surface area contributed by atoms with Crippen LogP contribution in [0.5, 0.6) is 0 Å². The maximum atomic E-state index is 13.3. The molecule has 0 aromatic carbocycles. The molecule has 0 amide bonds. The van der Waals surface area contributed by atoms with E-state index < -0.39 is 34.1 Å². The molecule has 4 fully saturated rings. The lowest BCUT2D eigenvalue weighted by Crippen LogP contribution is -2.68. The molecule has 0 radical (unpaired) electrons. The average molecular weight is 360 g/mol. The van der Waals surface area contributed by atoms with Gasteiger partial charge in [-0.3, -0.25) is 9.59 Å². The van der Waals surface area contributed by atoms with E-state index in [1.807, 2.05) is 20.8 Å². The molecule has 7 atom stereocenters. The van der Waals surface area contributed by atoms with E-state index in [1.54, 1.807) is 18.6 Å². The molecule has 140 valence electrons. The van der Waals surface area contributed by atoms with E-state index in [9.17, 15) is 14.7 Å². The molecule has 1 spiro atoms. The van der Waals surface area contributed by atoms with Gasteiger partial charge in [0.15, 0.2) is 0 Å². The van der Waals surface area contributed by atoms with Crippen molar-refractivity contribution in [3.8, 4) is 0 Å². The lowest BCUT2D eigenvalue weighted by atomic mass is 9.45. The van der Waals surface area contributed by atoms with E-state index in [0.717, 1.165) is 5.56 Å². The number of carbonyl (C=O) groups excluding carboxylic acids is 2. The van der Waals surface area contributed by atoms with Crippen LogP contribution in [0.4, 0.5) is 0 Å². The third-order valence-electron chi connectivity index (χ3n) is 8.52. The normalized spacial score (nSPS) is 52.2. The first-order valence-corrected chi connectivity index (χ1v) is 9.38. The zero-order valence-corrected chi connectivity index (χ0v) is 15.3. The highest BCUT2D eigenvalue weighted by Gasteiger charge is 2.87. The Morgan fingerprint density at radius 3 is 2.62 bits per heavy atom. The average Bonchev–Trinajstić information content (AvgIpc) is 3.30. The van der Waals surface area contributed by atoms with Crippen LogP contribution in [-0.4, -0.2) is 28.8 Å². The number of furan rings is 1. The summed E-state index contributed by atoms with van der Waals surface area (Å²) in [6.07, 6.45) is 4.16. The Hall–Kier alpha value is -1.82. The van der Waals surface area contributed by atoms with E-state index in [1.165, 1.54) is 0 Å². The molecule has 2 aliphatic heterocycles. The van der Waals surface area contributed by atoms with Crippen LogP contribution in [-0.2, 0) is 19.1 Å². The number of carbonyl (C=O) groups is 2. The highest BCUT2D eigenvalue weighted by Crippen LogP contribution is 2.78. The molecule has 2 saturated carbocycles. The molecule has 2 bridgehead atoms. The molecule has 1 aromatic rings. The quantitative estimate of drug-likeness (QED) is 0.775. The second-order valence-electron chi connectivity index (χ2n) is 9.03. The SMILES string of the molecule is CC1CC(O)C2(C)C3(C)CCC2(OC3=O)C12CC(c1ccoc1)OC2=O. The standard InChI is InChI=1S/C20H24O6/c1-11-8-14(21)18(3)17(2)5-6-20(18,26-15(17)22)19(11)9-13(25-16(19)23)12-4-7-24-10-12/h4,7,10-11,13-14,21H,5-6,8-9H2,1-3H3. The Balaban J connectivity index is 1.70. The molecular formula is C20H24O6. The van der Waals surface area contributed by atoms with Crippen LogP contribution in [0.15, 0.2) is 23.0 Å². The van der Waals surface area contributed by atoms with Gasteiger partial charge < -0.3 is 19.0 Å². The summed E-state index contributed by atoms with van der Waals surface area (Å²) < 4.78 is 17.0. The molecule has 26 heavy (non-hydrogen) atoms. The number of esters is 2. The third-order valence-corrected chi connectivity index (χ3v) is 8.52. The van der Waals surface area contributed by atoms with Crippen LogP contribution in [0.1, 0.15) is 58.1 Å². The lowest BCUT2D eigenvalue weighted by Gasteiger charge is -2.57. The van der Waals surface area contributed by atoms with E-state index in [4.69, 9.17) is 13.9 Å². The Bertz CT molecular complexity index is 801. The fourth-order valence-electron chi connectivity index (χ4n) is 6.75. The van der Waals surface area contributed by atoms with Gasteiger partial charge in [-0.25, -0.2) is 0 Å². The molecule has 4 aliphatic rings. The molecule has 5 rings (SSSR count). The first-order valence-electron chi connectivity index (χ1n) is 9.38. The van der Waals surface area contributed by atoms with Gasteiger partial charge in [-0.1, -0.05) is 13.8 Å². The van der Waals surface area contributed by atoms with Gasteiger partial charge in [0.2, 0.25) is 0 Å². The van der Waals surface area contributed by atoms with Crippen LogP contribution in [0, 0.1) is 22.2 Å². The minimum atomic E-state index is -1.02. The van der Waals surface area contributed by atoms with E-state index in [-0.39, 0.29) is 17.9 Å². The monoisotopic (exact) mass is 360 g/mol.